The minimum absolute atomic E-state index is 0.00908. The molecule has 0 unspecified atom stereocenters. The van der Waals surface area contributed by atoms with Crippen LogP contribution in [0, 0.1) is 18.3 Å². The highest BCUT2D eigenvalue weighted by atomic mass is 32.2. The highest BCUT2D eigenvalue weighted by molar-refractivity contribution is 7.89. The molecule has 1 aromatic carbocycles. The summed E-state index contributed by atoms with van der Waals surface area (Å²) in [6, 6.07) is 8.09. The molecule has 33 heavy (non-hydrogen) atoms. The topological polar surface area (TPSA) is 143 Å². The third-order valence-electron chi connectivity index (χ3n) is 5.51. The molecule has 4 rings (SSSR count). The Morgan fingerprint density at radius 2 is 2.00 bits per heavy atom. The molecule has 1 aliphatic heterocycles. The van der Waals surface area contributed by atoms with E-state index in [2.05, 4.69) is 10.4 Å². The first kappa shape index (κ1) is 22.8. The largest absolute Gasteiger partial charge is 0.419 e. The molecule has 0 saturated carbocycles. The Kier molecular flexibility index (Phi) is 6.35. The second-order valence-corrected chi connectivity index (χ2v) is 9.80. The van der Waals surface area contributed by atoms with Crippen molar-refractivity contribution in [1.82, 2.24) is 18.7 Å². The number of hydrogen-bond donors (Lipinski definition) is 1. The summed E-state index contributed by atoms with van der Waals surface area (Å²) < 4.78 is 35.1. The van der Waals surface area contributed by atoms with E-state index < -0.39 is 15.8 Å². The molecule has 12 heteroatoms. The molecule has 1 amide bonds. The second-order valence-electron chi connectivity index (χ2n) is 7.86. The summed E-state index contributed by atoms with van der Waals surface area (Å²) in [4.78, 5) is 24.9. The van der Waals surface area contributed by atoms with Crippen molar-refractivity contribution in [1.29, 1.82) is 5.26 Å². The highest BCUT2D eigenvalue weighted by Gasteiger charge is 2.28. The van der Waals surface area contributed by atoms with Crippen LogP contribution in [0.25, 0.3) is 11.1 Å². The molecule has 0 bridgehead atoms. The van der Waals surface area contributed by atoms with E-state index in [1.165, 1.54) is 27.1 Å². The van der Waals surface area contributed by atoms with Crippen LogP contribution in [0.3, 0.4) is 0 Å². The molecule has 0 spiro atoms. The number of hydrogen-bond acceptors (Lipinski definition) is 7. The number of nitrogens with one attached hydrogen (secondary N) is 1. The number of nitrogens with zero attached hydrogens (tertiary/aromatic N) is 5. The lowest BCUT2D eigenvalue weighted by Crippen LogP contribution is -2.27. The number of anilines is 1. The summed E-state index contributed by atoms with van der Waals surface area (Å²) in [5, 5.41) is 15.8. The number of nitriles is 1. The average Bonchev–Trinajstić information content (AvgIpc) is 3.49. The minimum Gasteiger partial charge on any atom is -0.408 e. The first-order valence-electron chi connectivity index (χ1n) is 10.6. The van der Waals surface area contributed by atoms with Crippen LogP contribution in [0.2, 0.25) is 0 Å². The number of carbonyl (C=O) groups excluding carboxylic acids is 1. The maximum Gasteiger partial charge on any atom is 0.419 e. The summed E-state index contributed by atoms with van der Waals surface area (Å²) in [5.41, 5.74) is 1.29. The molecule has 0 aliphatic carbocycles. The fraction of sp³-hybridized carbons (Fsp3) is 0.429. The number of benzene rings is 1. The maximum absolute atomic E-state index is 12.8. The van der Waals surface area contributed by atoms with Gasteiger partial charge in [0, 0.05) is 38.2 Å². The molecule has 3 heterocycles. The van der Waals surface area contributed by atoms with Crippen molar-refractivity contribution < 1.29 is 17.6 Å². The molecule has 1 fully saturated rings. The molecule has 3 aromatic rings. The van der Waals surface area contributed by atoms with Gasteiger partial charge < -0.3 is 9.73 Å². The number of carbonyl (C=O) groups is 1. The van der Waals surface area contributed by atoms with Crippen LogP contribution in [-0.4, -0.2) is 46.1 Å². The number of oxazole rings is 1. The van der Waals surface area contributed by atoms with Crippen molar-refractivity contribution in [2.24, 2.45) is 0 Å². The summed E-state index contributed by atoms with van der Waals surface area (Å²) in [6.07, 6.45) is 1.90. The third-order valence-corrected chi connectivity index (χ3v) is 7.40. The van der Waals surface area contributed by atoms with Gasteiger partial charge in [-0.1, -0.05) is 0 Å². The van der Waals surface area contributed by atoms with Gasteiger partial charge in [-0.3, -0.25) is 9.36 Å². The van der Waals surface area contributed by atoms with E-state index in [0.29, 0.717) is 36.7 Å². The van der Waals surface area contributed by atoms with Crippen LogP contribution < -0.4 is 11.1 Å². The van der Waals surface area contributed by atoms with Gasteiger partial charge in [0.05, 0.1) is 35.1 Å². The van der Waals surface area contributed by atoms with Crippen molar-refractivity contribution in [3.05, 3.63) is 40.5 Å². The molecule has 1 N–H and O–H groups in total. The van der Waals surface area contributed by atoms with Crippen molar-refractivity contribution in [3.63, 3.8) is 0 Å². The van der Waals surface area contributed by atoms with Crippen LogP contribution >= 0.6 is 0 Å². The Labute approximate surface area is 190 Å². The van der Waals surface area contributed by atoms with Crippen molar-refractivity contribution in [2.45, 2.75) is 50.6 Å². The normalized spacial score (nSPS) is 14.5. The van der Waals surface area contributed by atoms with Crippen molar-refractivity contribution >= 4 is 32.8 Å². The first-order valence-corrected chi connectivity index (χ1v) is 12.1. The number of sulfonamides is 1. The van der Waals surface area contributed by atoms with Crippen molar-refractivity contribution in [2.75, 3.05) is 18.4 Å². The highest BCUT2D eigenvalue weighted by Crippen LogP contribution is 2.24. The molecule has 2 aromatic heterocycles. The smallest absolute Gasteiger partial charge is 0.408 e. The standard InChI is InChI=1S/C21H24N6O5S/c1-15-13-19(27(24-15)11-4-8-22)23-20(28)7-12-26-17-6-5-16(14-18(17)32-21(26)29)33(30,31)25-9-2-3-10-25/h5-6,13-14H,2-4,7,9-12H2,1H3,(H,23,28). The Balaban J connectivity index is 1.48. The summed E-state index contributed by atoms with van der Waals surface area (Å²) >= 11 is 0. The van der Waals surface area contributed by atoms with Gasteiger partial charge in [-0.25, -0.2) is 17.9 Å². The van der Waals surface area contributed by atoms with Gasteiger partial charge in [0.25, 0.3) is 0 Å². The monoisotopic (exact) mass is 472 g/mol. The Bertz CT molecular complexity index is 1390. The number of rotatable bonds is 8. The van der Waals surface area contributed by atoms with E-state index in [0.717, 1.165) is 12.8 Å². The fourth-order valence-electron chi connectivity index (χ4n) is 3.89. The average molecular weight is 473 g/mol. The zero-order valence-corrected chi connectivity index (χ0v) is 19.0. The van der Waals surface area contributed by atoms with Crippen LogP contribution in [0.1, 0.15) is 31.4 Å². The van der Waals surface area contributed by atoms with Crippen molar-refractivity contribution in [3.8, 4) is 6.07 Å². The van der Waals surface area contributed by atoms with Gasteiger partial charge in [0.2, 0.25) is 15.9 Å². The predicted molar refractivity (Wildman–Crippen MR) is 119 cm³/mol. The molecule has 11 nitrogen and oxygen atoms in total. The van der Waals surface area contributed by atoms with E-state index in [1.54, 1.807) is 17.7 Å². The van der Waals surface area contributed by atoms with E-state index in [4.69, 9.17) is 9.68 Å². The third kappa shape index (κ3) is 4.69. The fourth-order valence-corrected chi connectivity index (χ4v) is 5.42. The molecule has 174 valence electrons. The lowest BCUT2D eigenvalue weighted by atomic mass is 10.3. The molecular weight excluding hydrogens is 448 g/mol. The van der Waals surface area contributed by atoms with Gasteiger partial charge in [0.15, 0.2) is 5.58 Å². The predicted octanol–water partition coefficient (Wildman–Crippen LogP) is 1.83. The van der Waals surface area contributed by atoms with E-state index in [-0.39, 0.29) is 35.8 Å². The number of aryl methyl sites for hydroxylation is 3. The molecular formula is C21H24N6O5S. The minimum atomic E-state index is -3.63. The number of fused-ring (bicyclic) bond motifs is 1. The van der Waals surface area contributed by atoms with Gasteiger partial charge in [-0.15, -0.1) is 0 Å². The summed E-state index contributed by atoms with van der Waals surface area (Å²) in [6.45, 7) is 3.16. The van der Waals surface area contributed by atoms with Gasteiger partial charge in [0.1, 0.15) is 5.82 Å². The molecule has 0 radical (unpaired) electrons. The Hall–Kier alpha value is -3.43. The second kappa shape index (κ2) is 9.21. The van der Waals surface area contributed by atoms with E-state index in [9.17, 15) is 18.0 Å². The van der Waals surface area contributed by atoms with Crippen LogP contribution in [-0.2, 0) is 27.9 Å². The molecule has 1 aliphatic rings. The Morgan fingerprint density at radius 1 is 1.24 bits per heavy atom. The van der Waals surface area contributed by atoms with Crippen LogP contribution in [0.4, 0.5) is 5.82 Å². The maximum atomic E-state index is 12.8. The number of amides is 1. The summed E-state index contributed by atoms with van der Waals surface area (Å²) in [5.74, 6) is -0.514. The van der Waals surface area contributed by atoms with Crippen LogP contribution in [0.5, 0.6) is 0 Å². The number of aromatic nitrogens is 3. The lowest BCUT2D eigenvalue weighted by Gasteiger charge is -2.15. The Morgan fingerprint density at radius 3 is 2.73 bits per heavy atom. The zero-order chi connectivity index (χ0) is 23.6. The first-order chi connectivity index (χ1) is 15.8. The summed E-state index contributed by atoms with van der Waals surface area (Å²) in [7, 11) is -3.63. The van der Waals surface area contributed by atoms with E-state index >= 15 is 0 Å². The van der Waals surface area contributed by atoms with Gasteiger partial charge in [-0.2, -0.15) is 14.7 Å². The zero-order valence-electron chi connectivity index (χ0n) is 18.2. The molecule has 0 atom stereocenters. The van der Waals surface area contributed by atoms with Crippen LogP contribution in [0.15, 0.2) is 38.4 Å². The quantitative estimate of drug-likeness (QED) is 0.527. The molecule has 1 saturated heterocycles. The van der Waals surface area contributed by atoms with Gasteiger partial charge >= 0.3 is 5.76 Å². The van der Waals surface area contributed by atoms with E-state index in [1.807, 2.05) is 6.07 Å². The SMILES string of the molecule is Cc1cc(NC(=O)CCn2c(=O)oc3cc(S(=O)(=O)N4CCCC4)ccc32)n(CCC#N)n1. The lowest BCUT2D eigenvalue weighted by molar-refractivity contribution is -0.116. The van der Waals surface area contributed by atoms with Gasteiger partial charge in [-0.05, 0) is 31.9 Å².